The summed E-state index contributed by atoms with van der Waals surface area (Å²) in [5.41, 5.74) is 0.998. The van der Waals surface area contributed by atoms with E-state index in [4.69, 9.17) is 4.74 Å². The molecule has 0 bridgehead atoms. The normalized spacial score (nSPS) is 16.6. The summed E-state index contributed by atoms with van der Waals surface area (Å²) in [6.45, 7) is 2.53. The summed E-state index contributed by atoms with van der Waals surface area (Å²) in [5.74, 6) is -0.730. The lowest BCUT2D eigenvalue weighted by atomic mass is 10.00. The van der Waals surface area contributed by atoms with Gasteiger partial charge in [-0.2, -0.15) is 0 Å². The third-order valence-corrected chi connectivity index (χ3v) is 5.13. The number of imidazole rings is 1. The molecule has 0 aliphatic carbocycles. The maximum atomic E-state index is 13.0. The number of H-pyrrole nitrogens is 2. The average molecular weight is 411 g/mol. The number of carboxylic acid groups (broad SMARTS) is 1. The van der Waals surface area contributed by atoms with E-state index in [9.17, 15) is 19.5 Å². The Kier molecular flexibility index (Phi) is 5.21. The average Bonchev–Trinajstić information content (AvgIpc) is 3.23. The highest BCUT2D eigenvalue weighted by Crippen LogP contribution is 2.30. The third-order valence-electron chi connectivity index (χ3n) is 5.13. The Hall–Kier alpha value is -3.69. The van der Waals surface area contributed by atoms with Crippen LogP contribution >= 0.6 is 0 Å². The molecule has 3 heterocycles. The highest BCUT2D eigenvalue weighted by Gasteiger charge is 2.32. The number of carbonyl (C=O) groups excluding carboxylic acids is 1. The number of rotatable bonds is 5. The lowest BCUT2D eigenvalue weighted by Gasteiger charge is -2.33. The van der Waals surface area contributed by atoms with Crippen LogP contribution in [0.25, 0.3) is 22.6 Å². The zero-order valence-corrected chi connectivity index (χ0v) is 16.3. The molecule has 1 fully saturated rings. The van der Waals surface area contributed by atoms with Gasteiger partial charge in [0, 0.05) is 12.1 Å². The zero-order chi connectivity index (χ0) is 21.3. The van der Waals surface area contributed by atoms with E-state index in [1.165, 1.54) is 11.2 Å². The molecule has 3 aromatic rings. The SMILES string of the molecule is CCOc1cc(C(=O)N2CCCCC2C(=O)O)ccc1-c1nc2nc[nH]c2c(=O)[nH]1. The molecule has 10 nitrogen and oxygen atoms in total. The molecule has 0 saturated carbocycles. The maximum absolute atomic E-state index is 13.0. The first kappa shape index (κ1) is 19.6. The summed E-state index contributed by atoms with van der Waals surface area (Å²) in [7, 11) is 0. The smallest absolute Gasteiger partial charge is 0.326 e. The molecule has 1 amide bonds. The van der Waals surface area contributed by atoms with Gasteiger partial charge in [-0.05, 0) is 44.4 Å². The molecule has 3 N–H and O–H groups in total. The standard InChI is InChI=1S/C20H21N5O5/c1-2-30-14-9-11(19(27)25-8-4-3-5-13(25)20(28)29)6-7-12(14)16-23-17-15(18(26)24-16)21-10-22-17/h6-7,9-10,13H,2-5,8H2,1H3,(H,28,29)(H2,21,22,23,24,26). The van der Waals surface area contributed by atoms with Gasteiger partial charge in [-0.1, -0.05) is 0 Å². The topological polar surface area (TPSA) is 141 Å². The molecule has 1 unspecified atom stereocenters. The molecule has 1 aromatic carbocycles. The maximum Gasteiger partial charge on any atom is 0.326 e. The minimum Gasteiger partial charge on any atom is -0.493 e. The van der Waals surface area contributed by atoms with E-state index in [0.717, 1.165) is 12.8 Å². The molecule has 1 aliphatic heterocycles. The first-order chi connectivity index (χ1) is 14.5. The van der Waals surface area contributed by atoms with Crippen LogP contribution in [0.5, 0.6) is 5.75 Å². The number of aliphatic carboxylic acids is 1. The van der Waals surface area contributed by atoms with E-state index in [0.29, 0.717) is 36.4 Å². The van der Waals surface area contributed by atoms with Gasteiger partial charge < -0.3 is 24.7 Å². The van der Waals surface area contributed by atoms with Crippen LogP contribution < -0.4 is 10.3 Å². The molecular formula is C20H21N5O5. The molecule has 1 saturated heterocycles. The molecule has 156 valence electrons. The molecular weight excluding hydrogens is 390 g/mol. The van der Waals surface area contributed by atoms with Crippen LogP contribution in [-0.2, 0) is 4.79 Å². The number of ether oxygens (including phenoxy) is 1. The quantitative estimate of drug-likeness (QED) is 0.581. The van der Waals surface area contributed by atoms with Crippen molar-refractivity contribution in [3.63, 3.8) is 0 Å². The fourth-order valence-electron chi connectivity index (χ4n) is 3.69. The van der Waals surface area contributed by atoms with Crippen molar-refractivity contribution in [3.8, 4) is 17.1 Å². The number of piperidine rings is 1. The van der Waals surface area contributed by atoms with Crippen molar-refractivity contribution in [2.24, 2.45) is 0 Å². The summed E-state index contributed by atoms with van der Waals surface area (Å²) < 4.78 is 5.70. The number of carbonyl (C=O) groups is 2. The van der Waals surface area contributed by atoms with Gasteiger partial charge in [0.25, 0.3) is 11.5 Å². The zero-order valence-electron chi connectivity index (χ0n) is 16.3. The summed E-state index contributed by atoms with van der Waals surface area (Å²) >= 11 is 0. The first-order valence-electron chi connectivity index (χ1n) is 9.74. The van der Waals surface area contributed by atoms with E-state index in [-0.39, 0.29) is 28.5 Å². The number of hydrogen-bond donors (Lipinski definition) is 3. The molecule has 1 aliphatic rings. The number of aromatic nitrogens is 4. The molecule has 2 aromatic heterocycles. The molecule has 1 atom stereocenters. The van der Waals surface area contributed by atoms with Crippen molar-refractivity contribution in [2.75, 3.05) is 13.2 Å². The Balaban J connectivity index is 1.73. The fraction of sp³-hybridized carbons (Fsp3) is 0.350. The predicted octanol–water partition coefficient (Wildman–Crippen LogP) is 1.79. The number of nitrogens with zero attached hydrogens (tertiary/aromatic N) is 3. The molecule has 0 radical (unpaired) electrons. The van der Waals surface area contributed by atoms with Gasteiger partial charge in [-0.3, -0.25) is 9.59 Å². The van der Waals surface area contributed by atoms with E-state index < -0.39 is 12.0 Å². The number of nitrogens with one attached hydrogen (secondary N) is 2. The molecule has 4 rings (SSSR count). The highest BCUT2D eigenvalue weighted by atomic mass is 16.5. The van der Waals surface area contributed by atoms with Gasteiger partial charge in [-0.25, -0.2) is 14.8 Å². The lowest BCUT2D eigenvalue weighted by molar-refractivity contribution is -0.143. The van der Waals surface area contributed by atoms with Crippen molar-refractivity contribution >= 4 is 23.0 Å². The van der Waals surface area contributed by atoms with Crippen molar-refractivity contribution < 1.29 is 19.4 Å². The van der Waals surface area contributed by atoms with Gasteiger partial charge in [0.2, 0.25) is 0 Å². The van der Waals surface area contributed by atoms with Crippen molar-refractivity contribution in [1.82, 2.24) is 24.8 Å². The van der Waals surface area contributed by atoms with Gasteiger partial charge in [-0.15, -0.1) is 0 Å². The summed E-state index contributed by atoms with van der Waals surface area (Å²) in [4.78, 5) is 52.1. The Labute approximate surface area is 170 Å². The number of carboxylic acids is 1. The largest absolute Gasteiger partial charge is 0.493 e. The molecule has 10 heteroatoms. The van der Waals surface area contributed by atoms with Crippen LogP contribution in [0.15, 0.2) is 29.3 Å². The second kappa shape index (κ2) is 7.97. The predicted molar refractivity (Wildman–Crippen MR) is 107 cm³/mol. The first-order valence-corrected chi connectivity index (χ1v) is 9.74. The van der Waals surface area contributed by atoms with Crippen molar-refractivity contribution in [1.29, 1.82) is 0 Å². The second-order valence-corrected chi connectivity index (χ2v) is 7.01. The Morgan fingerprint density at radius 1 is 1.33 bits per heavy atom. The Morgan fingerprint density at radius 2 is 2.17 bits per heavy atom. The van der Waals surface area contributed by atoms with Crippen LogP contribution in [0, 0.1) is 0 Å². The number of amides is 1. The molecule has 30 heavy (non-hydrogen) atoms. The Morgan fingerprint density at radius 3 is 2.93 bits per heavy atom. The minimum absolute atomic E-state index is 0.267. The van der Waals surface area contributed by atoms with E-state index in [2.05, 4.69) is 19.9 Å². The Bertz CT molecular complexity index is 1170. The van der Waals surface area contributed by atoms with Crippen LogP contribution in [0.4, 0.5) is 0 Å². The van der Waals surface area contributed by atoms with Crippen LogP contribution in [0.3, 0.4) is 0 Å². The monoisotopic (exact) mass is 411 g/mol. The minimum atomic E-state index is -1.00. The van der Waals surface area contributed by atoms with Gasteiger partial charge >= 0.3 is 5.97 Å². The molecule has 0 spiro atoms. The second-order valence-electron chi connectivity index (χ2n) is 7.01. The summed E-state index contributed by atoms with van der Waals surface area (Å²) in [5, 5.41) is 9.46. The van der Waals surface area contributed by atoms with Crippen LogP contribution in [0.1, 0.15) is 36.5 Å². The number of hydrogen-bond acceptors (Lipinski definition) is 6. The number of likely N-dealkylation sites (tertiary alicyclic amines) is 1. The van der Waals surface area contributed by atoms with Crippen molar-refractivity contribution in [3.05, 3.63) is 40.4 Å². The van der Waals surface area contributed by atoms with Crippen molar-refractivity contribution in [2.45, 2.75) is 32.2 Å². The van der Waals surface area contributed by atoms with Gasteiger partial charge in [0.1, 0.15) is 17.6 Å². The van der Waals surface area contributed by atoms with E-state index >= 15 is 0 Å². The number of fused-ring (bicyclic) bond motifs is 1. The van der Waals surface area contributed by atoms with Gasteiger partial charge in [0.05, 0.1) is 18.5 Å². The lowest BCUT2D eigenvalue weighted by Crippen LogP contribution is -2.47. The summed E-state index contributed by atoms with van der Waals surface area (Å²) in [6, 6.07) is 3.95. The van der Waals surface area contributed by atoms with Crippen LogP contribution in [-0.4, -0.2) is 61.0 Å². The number of aromatic amines is 2. The highest BCUT2D eigenvalue weighted by molar-refractivity contribution is 5.97. The number of benzene rings is 1. The van der Waals surface area contributed by atoms with E-state index in [1.807, 2.05) is 0 Å². The summed E-state index contributed by atoms with van der Waals surface area (Å²) in [6.07, 6.45) is 3.37. The van der Waals surface area contributed by atoms with Crippen LogP contribution in [0.2, 0.25) is 0 Å². The van der Waals surface area contributed by atoms with Gasteiger partial charge in [0.15, 0.2) is 11.2 Å². The third kappa shape index (κ3) is 3.51. The van der Waals surface area contributed by atoms with E-state index in [1.54, 1.807) is 25.1 Å². The fourth-order valence-corrected chi connectivity index (χ4v) is 3.69.